The topological polar surface area (TPSA) is 70.4 Å². The molecule has 6 nitrogen and oxygen atoms in total. The van der Waals surface area contributed by atoms with Crippen LogP contribution in [0.5, 0.6) is 11.5 Å². The number of methoxy groups -OCH3 is 2. The number of ether oxygens (including phenoxy) is 2. The number of aryl methyl sites for hydroxylation is 1. The number of rotatable bonds is 6. The van der Waals surface area contributed by atoms with Crippen molar-refractivity contribution in [1.29, 1.82) is 0 Å². The van der Waals surface area contributed by atoms with E-state index in [9.17, 15) is 9.59 Å². The Labute approximate surface area is 179 Å². The van der Waals surface area contributed by atoms with Crippen molar-refractivity contribution >= 4 is 16.6 Å². The van der Waals surface area contributed by atoms with Crippen LogP contribution in [0.4, 0.5) is 0 Å². The van der Waals surface area contributed by atoms with E-state index >= 15 is 0 Å². The van der Waals surface area contributed by atoms with Gasteiger partial charge >= 0.3 is 0 Å². The molecule has 31 heavy (non-hydrogen) atoms. The number of nitrogens with zero attached hydrogens (tertiary/aromatic N) is 2. The second-order valence-electron chi connectivity index (χ2n) is 7.22. The zero-order valence-corrected chi connectivity index (χ0v) is 17.6. The fourth-order valence-corrected chi connectivity index (χ4v) is 3.51. The number of carbonyl (C=O) groups is 1. The average molecular weight is 414 g/mol. The number of ketones is 1. The molecule has 1 aromatic heterocycles. The molecule has 0 spiro atoms. The summed E-state index contributed by atoms with van der Waals surface area (Å²) < 4.78 is 12.0. The Morgan fingerprint density at radius 2 is 1.58 bits per heavy atom. The van der Waals surface area contributed by atoms with Crippen LogP contribution in [0.2, 0.25) is 0 Å². The molecule has 3 aromatic carbocycles. The van der Waals surface area contributed by atoms with E-state index in [0.717, 1.165) is 11.1 Å². The van der Waals surface area contributed by atoms with Crippen molar-refractivity contribution in [3.8, 4) is 22.8 Å². The molecule has 0 saturated heterocycles. The van der Waals surface area contributed by atoms with Crippen LogP contribution >= 0.6 is 0 Å². The van der Waals surface area contributed by atoms with E-state index in [1.54, 1.807) is 44.6 Å². The maximum atomic E-state index is 13.1. The van der Waals surface area contributed by atoms with Crippen LogP contribution in [0.15, 0.2) is 71.5 Å². The highest BCUT2D eigenvalue weighted by atomic mass is 16.5. The molecule has 0 aliphatic carbocycles. The lowest BCUT2D eigenvalue weighted by atomic mass is 10.0. The molecule has 4 rings (SSSR count). The van der Waals surface area contributed by atoms with Crippen molar-refractivity contribution < 1.29 is 14.3 Å². The van der Waals surface area contributed by atoms with Gasteiger partial charge in [-0.25, -0.2) is 4.68 Å². The molecule has 0 bridgehead atoms. The van der Waals surface area contributed by atoms with Gasteiger partial charge in [-0.15, -0.1) is 0 Å². The first kappa shape index (κ1) is 20.3. The van der Waals surface area contributed by atoms with Crippen molar-refractivity contribution in [2.45, 2.75) is 13.5 Å². The monoisotopic (exact) mass is 414 g/mol. The average Bonchev–Trinajstić information content (AvgIpc) is 2.80. The summed E-state index contributed by atoms with van der Waals surface area (Å²) in [7, 11) is 3.14. The van der Waals surface area contributed by atoms with E-state index in [1.165, 1.54) is 4.68 Å². The van der Waals surface area contributed by atoms with E-state index in [4.69, 9.17) is 9.47 Å². The lowest BCUT2D eigenvalue weighted by Gasteiger charge is -2.13. The van der Waals surface area contributed by atoms with E-state index in [0.29, 0.717) is 33.5 Å². The van der Waals surface area contributed by atoms with E-state index < -0.39 is 0 Å². The minimum absolute atomic E-state index is 0.146. The van der Waals surface area contributed by atoms with Crippen LogP contribution in [0.1, 0.15) is 15.9 Å². The summed E-state index contributed by atoms with van der Waals surface area (Å²) in [5, 5.41) is 5.78. The van der Waals surface area contributed by atoms with Crippen LogP contribution in [-0.4, -0.2) is 29.8 Å². The predicted octanol–water partition coefficient (Wildman–Crippen LogP) is 4.27. The van der Waals surface area contributed by atoms with Gasteiger partial charge in [0.05, 0.1) is 25.3 Å². The molecule has 0 radical (unpaired) electrons. The largest absolute Gasteiger partial charge is 0.493 e. The molecule has 0 amide bonds. The van der Waals surface area contributed by atoms with Gasteiger partial charge in [0.25, 0.3) is 5.56 Å². The number of hydrogen-bond acceptors (Lipinski definition) is 5. The van der Waals surface area contributed by atoms with Crippen molar-refractivity contribution in [3.63, 3.8) is 0 Å². The fraction of sp³-hybridized carbons (Fsp3) is 0.160. The number of aromatic nitrogens is 2. The van der Waals surface area contributed by atoms with E-state index in [2.05, 4.69) is 5.10 Å². The summed E-state index contributed by atoms with van der Waals surface area (Å²) in [6.07, 6.45) is 0. The van der Waals surface area contributed by atoms with Crippen LogP contribution < -0.4 is 15.0 Å². The summed E-state index contributed by atoms with van der Waals surface area (Å²) >= 11 is 0. The van der Waals surface area contributed by atoms with Crippen LogP contribution in [0.25, 0.3) is 22.0 Å². The molecule has 0 N–H and O–H groups in total. The molecule has 0 unspecified atom stereocenters. The highest BCUT2D eigenvalue weighted by molar-refractivity contribution is 5.97. The molecule has 0 saturated carbocycles. The number of fused-ring (bicyclic) bond motifs is 1. The second-order valence-corrected chi connectivity index (χ2v) is 7.22. The van der Waals surface area contributed by atoms with Crippen LogP contribution in [0.3, 0.4) is 0 Å². The Morgan fingerprint density at radius 1 is 0.903 bits per heavy atom. The van der Waals surface area contributed by atoms with E-state index in [-0.39, 0.29) is 17.9 Å². The normalized spacial score (nSPS) is 10.8. The maximum Gasteiger partial charge on any atom is 0.275 e. The number of benzene rings is 3. The third kappa shape index (κ3) is 3.92. The fourth-order valence-electron chi connectivity index (χ4n) is 3.51. The van der Waals surface area contributed by atoms with Crippen molar-refractivity contribution in [2.24, 2.45) is 0 Å². The Balaban J connectivity index is 1.85. The van der Waals surface area contributed by atoms with Gasteiger partial charge in [0.15, 0.2) is 17.3 Å². The molecule has 1 heterocycles. The van der Waals surface area contributed by atoms with Crippen molar-refractivity contribution in [2.75, 3.05) is 14.2 Å². The minimum Gasteiger partial charge on any atom is -0.493 e. The van der Waals surface area contributed by atoms with Crippen LogP contribution in [0, 0.1) is 6.92 Å². The molecule has 0 aliphatic rings. The third-order valence-electron chi connectivity index (χ3n) is 5.19. The molecule has 0 fully saturated rings. The summed E-state index contributed by atoms with van der Waals surface area (Å²) in [6, 6.07) is 20.0. The SMILES string of the molecule is COc1ccc(-c2nn(CC(=O)c3ccc(C)cc3)c(=O)c3ccccc23)cc1OC. The number of hydrogen-bond donors (Lipinski definition) is 0. The number of Topliss-reactive ketones (excluding diaryl/α,β-unsaturated/α-hetero) is 1. The summed E-state index contributed by atoms with van der Waals surface area (Å²) in [4.78, 5) is 25.9. The van der Waals surface area contributed by atoms with Gasteiger partial charge in [0.2, 0.25) is 0 Å². The van der Waals surface area contributed by atoms with Gasteiger partial charge in [-0.3, -0.25) is 9.59 Å². The first-order chi connectivity index (χ1) is 15.0. The van der Waals surface area contributed by atoms with Gasteiger partial charge in [-0.1, -0.05) is 48.0 Å². The predicted molar refractivity (Wildman–Crippen MR) is 120 cm³/mol. The lowest BCUT2D eigenvalue weighted by Crippen LogP contribution is -2.27. The highest BCUT2D eigenvalue weighted by Gasteiger charge is 2.16. The minimum atomic E-state index is -0.305. The first-order valence-corrected chi connectivity index (χ1v) is 9.84. The van der Waals surface area contributed by atoms with Gasteiger partial charge in [-0.05, 0) is 31.2 Å². The Hall–Kier alpha value is -3.93. The number of carbonyl (C=O) groups excluding carboxylic acids is 1. The molecule has 4 aromatic rings. The third-order valence-corrected chi connectivity index (χ3v) is 5.19. The molecule has 0 aliphatic heterocycles. The summed E-state index contributed by atoms with van der Waals surface area (Å²) in [6.45, 7) is 1.81. The Bertz CT molecular complexity index is 1320. The molecule has 6 heteroatoms. The van der Waals surface area contributed by atoms with Crippen molar-refractivity contribution in [1.82, 2.24) is 9.78 Å². The molecule has 156 valence electrons. The standard InChI is InChI=1S/C25H22N2O4/c1-16-8-10-17(11-9-16)21(28)15-27-25(29)20-7-5-4-6-19(20)24(26-27)18-12-13-22(30-2)23(14-18)31-3/h4-14H,15H2,1-3H3. The quantitative estimate of drug-likeness (QED) is 0.441. The zero-order chi connectivity index (χ0) is 22.0. The highest BCUT2D eigenvalue weighted by Crippen LogP contribution is 2.33. The van der Waals surface area contributed by atoms with Gasteiger partial charge in [0.1, 0.15) is 6.54 Å². The maximum absolute atomic E-state index is 13.1. The van der Waals surface area contributed by atoms with E-state index in [1.807, 2.05) is 43.3 Å². The Morgan fingerprint density at radius 3 is 2.26 bits per heavy atom. The van der Waals surface area contributed by atoms with Gasteiger partial charge in [0, 0.05) is 16.5 Å². The van der Waals surface area contributed by atoms with Gasteiger partial charge in [-0.2, -0.15) is 5.10 Å². The van der Waals surface area contributed by atoms with Crippen LogP contribution in [-0.2, 0) is 6.54 Å². The zero-order valence-electron chi connectivity index (χ0n) is 17.6. The summed E-state index contributed by atoms with van der Waals surface area (Å²) in [5.74, 6) is 0.973. The molecular weight excluding hydrogens is 392 g/mol. The molecule has 0 atom stereocenters. The smallest absolute Gasteiger partial charge is 0.275 e. The van der Waals surface area contributed by atoms with Crippen molar-refractivity contribution in [3.05, 3.63) is 88.2 Å². The first-order valence-electron chi connectivity index (χ1n) is 9.84. The lowest BCUT2D eigenvalue weighted by molar-refractivity contribution is 0.0966. The Kier molecular flexibility index (Phi) is 5.54. The second kappa shape index (κ2) is 8.44. The summed E-state index contributed by atoms with van der Waals surface area (Å²) in [5.41, 5.74) is 2.65. The molecular formula is C25H22N2O4. The van der Waals surface area contributed by atoms with Gasteiger partial charge < -0.3 is 9.47 Å².